The summed E-state index contributed by atoms with van der Waals surface area (Å²) in [6.07, 6.45) is 14.2. The lowest BCUT2D eigenvalue weighted by Crippen LogP contribution is -2.10. The van der Waals surface area contributed by atoms with Gasteiger partial charge in [0, 0.05) is 0 Å². The van der Waals surface area contributed by atoms with Gasteiger partial charge in [-0.1, -0.05) is 90.2 Å². The van der Waals surface area contributed by atoms with Gasteiger partial charge in [0.25, 0.3) is 0 Å². The topological polar surface area (TPSA) is 124 Å². The van der Waals surface area contributed by atoms with Crippen LogP contribution in [-0.4, -0.2) is 37.1 Å². The van der Waals surface area contributed by atoms with E-state index in [0.717, 1.165) is 37.0 Å². The number of thiophene rings is 1. The summed E-state index contributed by atoms with van der Waals surface area (Å²) < 4.78 is 34.6. The average molecular weight is 871 g/mol. The van der Waals surface area contributed by atoms with Crippen molar-refractivity contribution in [2.75, 3.05) is 13.2 Å². The van der Waals surface area contributed by atoms with Crippen molar-refractivity contribution in [1.29, 1.82) is 0 Å². The van der Waals surface area contributed by atoms with Crippen LogP contribution in [-0.2, 0) is 0 Å². The number of carbonyl (C=O) groups is 4. The smallest absolute Gasteiger partial charge is 0.353 e. The highest BCUT2D eigenvalue weighted by Gasteiger charge is 2.19. The van der Waals surface area contributed by atoms with E-state index < -0.39 is 23.9 Å². The zero-order valence-corrected chi connectivity index (χ0v) is 36.8. The number of unbranched alkanes of at least 4 members (excludes halogenated alkanes) is 10. The van der Waals surface area contributed by atoms with Crippen LogP contribution in [0.1, 0.15) is 132 Å². The van der Waals surface area contributed by atoms with E-state index in [1.54, 1.807) is 84.9 Å². The molecule has 1 heterocycles. The molecule has 328 valence electrons. The predicted octanol–water partition coefficient (Wildman–Crippen LogP) is 13.3. The van der Waals surface area contributed by atoms with Crippen LogP contribution in [0.4, 0.5) is 0 Å². The predicted molar refractivity (Wildman–Crippen MR) is 245 cm³/mol. The molecule has 5 aromatic carbocycles. The van der Waals surface area contributed by atoms with Crippen LogP contribution in [0.5, 0.6) is 34.5 Å². The first kappa shape index (κ1) is 46.1. The Hall–Kier alpha value is -6.46. The van der Waals surface area contributed by atoms with Crippen molar-refractivity contribution >= 4 is 45.3 Å². The second-order valence-electron chi connectivity index (χ2n) is 15.1. The normalized spacial score (nSPS) is 10.9. The minimum Gasteiger partial charge on any atom is -0.494 e. The molecule has 0 aliphatic rings. The van der Waals surface area contributed by atoms with Crippen LogP contribution in [0, 0.1) is 0 Å². The van der Waals surface area contributed by atoms with Crippen molar-refractivity contribution in [3.8, 4) is 34.5 Å². The molecule has 0 amide bonds. The fourth-order valence-corrected chi connectivity index (χ4v) is 7.61. The average Bonchev–Trinajstić information content (AvgIpc) is 3.76. The third-order valence-corrected chi connectivity index (χ3v) is 11.3. The Morgan fingerprint density at radius 2 is 0.794 bits per heavy atom. The minimum absolute atomic E-state index is 0.241. The highest BCUT2D eigenvalue weighted by Crippen LogP contribution is 2.35. The zero-order valence-electron chi connectivity index (χ0n) is 35.9. The first-order chi connectivity index (χ1) is 30.8. The van der Waals surface area contributed by atoms with Crippen molar-refractivity contribution in [3.05, 3.63) is 143 Å². The summed E-state index contributed by atoms with van der Waals surface area (Å²) in [5.74, 6) is 0.204. The van der Waals surface area contributed by atoms with Crippen molar-refractivity contribution in [2.45, 2.75) is 90.9 Å². The van der Waals surface area contributed by atoms with E-state index in [1.165, 1.54) is 87.8 Å². The standard InChI is InChI=1S/C52H54O10S/c1-3-5-7-9-11-13-34-57-41-24-18-37(19-25-41)49(53)59-43-28-22-39(23-29-43)51(55)62-46-17-15-16-40-36-47(63-48(40)46)52(56)61-45-32-30-44(31-33-45)60-50(54)38-20-26-42(27-21-38)58-35-14-12-10-8-6-4-2/h15-33,36H,3-14,34-35H2,1-2H3. The number of rotatable bonds is 24. The zero-order chi connectivity index (χ0) is 44.2. The van der Waals surface area contributed by atoms with Crippen LogP contribution in [0.25, 0.3) is 10.1 Å². The molecule has 0 aliphatic carbocycles. The highest BCUT2D eigenvalue weighted by molar-refractivity contribution is 7.21. The van der Waals surface area contributed by atoms with E-state index in [0.29, 0.717) is 50.8 Å². The van der Waals surface area contributed by atoms with Gasteiger partial charge in [-0.05, 0) is 127 Å². The molecule has 0 spiro atoms. The maximum absolute atomic E-state index is 13.2. The summed E-state index contributed by atoms with van der Waals surface area (Å²) in [5.41, 5.74) is 0.993. The summed E-state index contributed by atoms with van der Waals surface area (Å²) in [7, 11) is 0. The quantitative estimate of drug-likeness (QED) is 0.0330. The van der Waals surface area contributed by atoms with Crippen LogP contribution >= 0.6 is 11.3 Å². The molecule has 0 saturated heterocycles. The Kier molecular flexibility index (Phi) is 17.7. The Morgan fingerprint density at radius 1 is 0.413 bits per heavy atom. The first-order valence-electron chi connectivity index (χ1n) is 21.9. The molecule has 0 aliphatic heterocycles. The molecule has 0 atom stereocenters. The summed E-state index contributed by atoms with van der Waals surface area (Å²) in [4.78, 5) is 52.2. The Balaban J connectivity index is 0.953. The maximum atomic E-state index is 13.2. The van der Waals surface area contributed by atoms with Crippen molar-refractivity contribution in [2.24, 2.45) is 0 Å². The van der Waals surface area contributed by atoms with Gasteiger partial charge in [0.1, 0.15) is 39.4 Å². The lowest BCUT2D eigenvalue weighted by molar-refractivity contribution is 0.0721. The fourth-order valence-electron chi connectivity index (χ4n) is 6.62. The lowest BCUT2D eigenvalue weighted by Gasteiger charge is -2.08. The molecule has 10 nitrogen and oxygen atoms in total. The fraction of sp³-hybridized carbons (Fsp3) is 0.308. The van der Waals surface area contributed by atoms with Gasteiger partial charge < -0.3 is 28.4 Å². The van der Waals surface area contributed by atoms with Crippen LogP contribution in [0.2, 0.25) is 0 Å². The first-order valence-corrected chi connectivity index (χ1v) is 22.7. The van der Waals surface area contributed by atoms with E-state index in [4.69, 9.17) is 28.4 Å². The summed E-state index contributed by atoms with van der Waals surface area (Å²) in [6.45, 7) is 5.68. The second-order valence-corrected chi connectivity index (χ2v) is 16.2. The Labute approximate surface area is 373 Å². The molecule has 1 aromatic heterocycles. The number of benzene rings is 5. The largest absolute Gasteiger partial charge is 0.494 e. The number of ether oxygens (including phenoxy) is 6. The number of fused-ring (bicyclic) bond motifs is 1. The molecule has 0 N–H and O–H groups in total. The summed E-state index contributed by atoms with van der Waals surface area (Å²) in [5, 5.41) is 0.691. The lowest BCUT2D eigenvalue weighted by atomic mass is 10.1. The van der Waals surface area contributed by atoms with Gasteiger partial charge in [0.15, 0.2) is 0 Å². The van der Waals surface area contributed by atoms with Gasteiger partial charge in [-0.2, -0.15) is 0 Å². The van der Waals surface area contributed by atoms with Gasteiger partial charge in [-0.3, -0.25) is 0 Å². The molecule has 0 radical (unpaired) electrons. The number of carbonyl (C=O) groups excluding carboxylic acids is 4. The van der Waals surface area contributed by atoms with Gasteiger partial charge in [0.05, 0.1) is 34.6 Å². The molecule has 6 rings (SSSR count). The van der Waals surface area contributed by atoms with E-state index in [9.17, 15) is 19.2 Å². The molecular formula is C52H54O10S. The van der Waals surface area contributed by atoms with Gasteiger partial charge in [-0.25, -0.2) is 19.2 Å². The summed E-state index contributed by atoms with van der Waals surface area (Å²) in [6, 6.07) is 32.8. The van der Waals surface area contributed by atoms with E-state index in [1.807, 2.05) is 0 Å². The van der Waals surface area contributed by atoms with E-state index in [-0.39, 0.29) is 28.6 Å². The van der Waals surface area contributed by atoms with Crippen molar-refractivity contribution in [3.63, 3.8) is 0 Å². The molecule has 0 fully saturated rings. The molecule has 6 aromatic rings. The van der Waals surface area contributed by atoms with Crippen LogP contribution in [0.15, 0.2) is 121 Å². The number of hydrogen-bond donors (Lipinski definition) is 0. The third-order valence-electron chi connectivity index (χ3n) is 10.2. The Bertz CT molecular complexity index is 2380. The molecule has 0 saturated carbocycles. The monoisotopic (exact) mass is 870 g/mol. The number of esters is 4. The van der Waals surface area contributed by atoms with Gasteiger partial charge >= 0.3 is 23.9 Å². The van der Waals surface area contributed by atoms with Crippen LogP contribution < -0.4 is 28.4 Å². The highest BCUT2D eigenvalue weighted by atomic mass is 32.1. The van der Waals surface area contributed by atoms with Gasteiger partial charge in [-0.15, -0.1) is 11.3 Å². The van der Waals surface area contributed by atoms with Crippen molar-refractivity contribution < 1.29 is 47.6 Å². The third kappa shape index (κ3) is 14.3. The second kappa shape index (κ2) is 24.2. The molecule has 63 heavy (non-hydrogen) atoms. The van der Waals surface area contributed by atoms with Crippen LogP contribution in [0.3, 0.4) is 0 Å². The van der Waals surface area contributed by atoms with Crippen molar-refractivity contribution in [1.82, 2.24) is 0 Å². The number of hydrogen-bond acceptors (Lipinski definition) is 11. The maximum Gasteiger partial charge on any atom is 0.353 e. The Morgan fingerprint density at radius 3 is 1.25 bits per heavy atom. The van der Waals surface area contributed by atoms with E-state index >= 15 is 0 Å². The molecule has 11 heteroatoms. The minimum atomic E-state index is -0.625. The molecule has 0 bridgehead atoms. The van der Waals surface area contributed by atoms with E-state index in [2.05, 4.69) is 13.8 Å². The summed E-state index contributed by atoms with van der Waals surface area (Å²) >= 11 is 1.13. The molecule has 0 unspecified atom stereocenters. The molecular weight excluding hydrogens is 817 g/mol. The van der Waals surface area contributed by atoms with Gasteiger partial charge in [0.2, 0.25) is 0 Å². The SMILES string of the molecule is CCCCCCCCOc1ccc(C(=O)Oc2ccc(OC(=O)c3cc4cccc(OC(=O)c5ccc(OC(=O)c6ccc(OCCCCCCCC)cc6)cc5)c4s3)cc2)cc1.